The fourth-order valence-electron chi connectivity index (χ4n) is 7.98. The highest BCUT2D eigenvalue weighted by molar-refractivity contribution is 5.71. The highest BCUT2D eigenvalue weighted by atomic mass is 16.6. The lowest BCUT2D eigenvalue weighted by Crippen LogP contribution is -2.30. The van der Waals surface area contributed by atoms with E-state index in [0.29, 0.717) is 19.3 Å². The summed E-state index contributed by atoms with van der Waals surface area (Å²) in [5.74, 6) is -0.929. The summed E-state index contributed by atoms with van der Waals surface area (Å²) in [6.07, 6.45) is 72.8. The number of esters is 3. The Labute approximate surface area is 420 Å². The SMILES string of the molecule is CC/C=C/C=C/C=C/CCCCCCCC(=O)OCC(COC(=O)CCCCCCCCCCCCCCCCCCCCC)OC(=O)CCCCCCC/C=C/C=C/C=C/C=C/CCCCC. The molecule has 0 saturated heterocycles. The molecule has 390 valence electrons. The molecule has 0 spiro atoms. The molecule has 0 bridgehead atoms. The van der Waals surface area contributed by atoms with Gasteiger partial charge in [0.2, 0.25) is 0 Å². The highest BCUT2D eigenvalue weighted by Crippen LogP contribution is 2.16. The van der Waals surface area contributed by atoms with Crippen LogP contribution < -0.4 is 0 Å². The predicted octanol–water partition coefficient (Wildman–Crippen LogP) is 19.2. The Hall–Kier alpha value is -3.41. The van der Waals surface area contributed by atoms with Crippen molar-refractivity contribution >= 4 is 17.9 Å². The van der Waals surface area contributed by atoms with Crippen molar-refractivity contribution in [3.05, 3.63) is 85.1 Å². The number of carbonyl (C=O) groups is 3. The van der Waals surface area contributed by atoms with E-state index in [2.05, 4.69) is 106 Å². The first-order valence-electron chi connectivity index (χ1n) is 28.7. The van der Waals surface area contributed by atoms with Crippen LogP contribution in [0.5, 0.6) is 0 Å². The molecule has 1 atom stereocenters. The first-order chi connectivity index (χ1) is 33.5. The minimum Gasteiger partial charge on any atom is -0.462 e. The van der Waals surface area contributed by atoms with Gasteiger partial charge >= 0.3 is 17.9 Å². The number of rotatable bonds is 51. The summed E-state index contributed by atoms with van der Waals surface area (Å²) >= 11 is 0. The second kappa shape index (κ2) is 56.2. The second-order valence-corrected chi connectivity index (χ2v) is 19.0. The van der Waals surface area contributed by atoms with Crippen molar-refractivity contribution in [3.8, 4) is 0 Å². The van der Waals surface area contributed by atoms with Crippen molar-refractivity contribution in [1.82, 2.24) is 0 Å². The molecule has 6 nitrogen and oxygen atoms in total. The summed E-state index contributed by atoms with van der Waals surface area (Å²) in [7, 11) is 0. The normalized spacial score (nSPS) is 12.7. The molecule has 0 aliphatic rings. The fraction of sp³-hybridized carbons (Fsp3) is 0.726. The first-order valence-corrected chi connectivity index (χ1v) is 28.7. The quantitative estimate of drug-likeness (QED) is 0.0262. The van der Waals surface area contributed by atoms with Crippen molar-refractivity contribution in [2.75, 3.05) is 13.2 Å². The highest BCUT2D eigenvalue weighted by Gasteiger charge is 2.19. The average Bonchev–Trinajstić information content (AvgIpc) is 3.34. The summed E-state index contributed by atoms with van der Waals surface area (Å²) < 4.78 is 16.8. The van der Waals surface area contributed by atoms with E-state index < -0.39 is 6.10 Å². The Morgan fingerprint density at radius 1 is 0.309 bits per heavy atom. The maximum atomic E-state index is 12.8. The fourth-order valence-corrected chi connectivity index (χ4v) is 7.98. The van der Waals surface area contributed by atoms with Crippen molar-refractivity contribution in [2.24, 2.45) is 0 Å². The van der Waals surface area contributed by atoms with Gasteiger partial charge in [-0.2, -0.15) is 0 Å². The number of hydrogen-bond donors (Lipinski definition) is 0. The van der Waals surface area contributed by atoms with Gasteiger partial charge in [0, 0.05) is 19.3 Å². The van der Waals surface area contributed by atoms with Gasteiger partial charge in [0.15, 0.2) is 6.10 Å². The van der Waals surface area contributed by atoms with Crippen molar-refractivity contribution in [3.63, 3.8) is 0 Å². The van der Waals surface area contributed by atoms with E-state index in [0.717, 1.165) is 109 Å². The Morgan fingerprint density at radius 3 is 0.926 bits per heavy atom. The Morgan fingerprint density at radius 2 is 0.574 bits per heavy atom. The van der Waals surface area contributed by atoms with Gasteiger partial charge in [0.1, 0.15) is 13.2 Å². The maximum absolute atomic E-state index is 12.8. The third-order valence-electron chi connectivity index (χ3n) is 12.3. The van der Waals surface area contributed by atoms with Gasteiger partial charge in [-0.3, -0.25) is 14.4 Å². The summed E-state index contributed by atoms with van der Waals surface area (Å²) in [6, 6.07) is 0. The van der Waals surface area contributed by atoms with Crippen molar-refractivity contribution in [2.45, 2.75) is 277 Å². The van der Waals surface area contributed by atoms with Crippen LogP contribution in [-0.2, 0) is 28.6 Å². The lowest BCUT2D eigenvalue weighted by Gasteiger charge is -2.18. The van der Waals surface area contributed by atoms with Gasteiger partial charge in [0.25, 0.3) is 0 Å². The zero-order valence-corrected chi connectivity index (χ0v) is 44.6. The van der Waals surface area contributed by atoms with Crippen LogP contribution in [0.3, 0.4) is 0 Å². The van der Waals surface area contributed by atoms with Crippen LogP contribution in [0, 0.1) is 0 Å². The summed E-state index contributed by atoms with van der Waals surface area (Å²) in [5.41, 5.74) is 0. The molecular weight excluding hydrogens is 841 g/mol. The summed E-state index contributed by atoms with van der Waals surface area (Å²) in [6.45, 7) is 6.45. The molecule has 1 unspecified atom stereocenters. The lowest BCUT2D eigenvalue weighted by molar-refractivity contribution is -0.167. The van der Waals surface area contributed by atoms with Crippen LogP contribution in [0.4, 0.5) is 0 Å². The number of hydrogen-bond acceptors (Lipinski definition) is 6. The molecule has 0 aliphatic carbocycles. The largest absolute Gasteiger partial charge is 0.462 e. The first kappa shape index (κ1) is 64.6. The molecule has 0 heterocycles. The predicted molar refractivity (Wildman–Crippen MR) is 293 cm³/mol. The molecule has 6 heteroatoms. The minimum atomic E-state index is -0.797. The van der Waals surface area contributed by atoms with Gasteiger partial charge in [0.05, 0.1) is 0 Å². The molecule has 0 aromatic carbocycles. The molecule has 0 aliphatic heterocycles. The zero-order chi connectivity index (χ0) is 49.3. The monoisotopic (exact) mass is 947 g/mol. The van der Waals surface area contributed by atoms with E-state index in [9.17, 15) is 14.4 Å². The molecule has 0 amide bonds. The van der Waals surface area contributed by atoms with Crippen LogP contribution in [0.15, 0.2) is 85.1 Å². The van der Waals surface area contributed by atoms with Crippen LogP contribution >= 0.6 is 0 Å². The van der Waals surface area contributed by atoms with Gasteiger partial charge < -0.3 is 14.2 Å². The van der Waals surface area contributed by atoms with Crippen LogP contribution in [0.2, 0.25) is 0 Å². The van der Waals surface area contributed by atoms with Gasteiger partial charge in [-0.1, -0.05) is 273 Å². The molecule has 0 N–H and O–H groups in total. The molecule has 0 aromatic heterocycles. The average molecular weight is 948 g/mol. The molecular formula is C62H106O6. The lowest BCUT2D eigenvalue weighted by atomic mass is 10.0. The van der Waals surface area contributed by atoms with E-state index in [4.69, 9.17) is 14.2 Å². The summed E-state index contributed by atoms with van der Waals surface area (Å²) in [4.78, 5) is 38.1. The number of carbonyl (C=O) groups excluding carboxylic acids is 3. The topological polar surface area (TPSA) is 78.9 Å². The van der Waals surface area contributed by atoms with E-state index in [1.807, 2.05) is 0 Å². The summed E-state index contributed by atoms with van der Waals surface area (Å²) in [5, 5.41) is 0. The number of unbranched alkanes of at least 4 members (excludes halogenated alkanes) is 31. The Balaban J connectivity index is 4.41. The zero-order valence-electron chi connectivity index (χ0n) is 44.6. The molecule has 0 fully saturated rings. The van der Waals surface area contributed by atoms with E-state index in [1.165, 1.54) is 122 Å². The number of ether oxygens (including phenoxy) is 3. The second-order valence-electron chi connectivity index (χ2n) is 19.0. The number of allylic oxidation sites excluding steroid dienone is 14. The minimum absolute atomic E-state index is 0.0914. The van der Waals surface area contributed by atoms with Crippen LogP contribution in [-0.4, -0.2) is 37.2 Å². The third kappa shape index (κ3) is 53.5. The van der Waals surface area contributed by atoms with Gasteiger partial charge in [-0.15, -0.1) is 0 Å². The van der Waals surface area contributed by atoms with E-state index in [1.54, 1.807) is 0 Å². The van der Waals surface area contributed by atoms with Gasteiger partial charge in [-0.05, 0) is 64.2 Å². The third-order valence-corrected chi connectivity index (χ3v) is 12.3. The molecule has 68 heavy (non-hydrogen) atoms. The molecule has 0 saturated carbocycles. The standard InChI is InChI=1S/C62H106O6/c1-4-7-10-13-16-19-22-25-27-29-31-33-34-37-40-43-46-49-52-55-61(64)67-58-59(57-66-60(63)54-51-48-45-42-39-36-24-21-18-15-12-9-6-3)68-62(65)56-53-50-47-44-41-38-35-32-30-28-26-23-20-17-14-11-8-5-2/h9,12,15,17-18,20-21,23-24,26,28,30,32,35,59H,4-8,10-11,13-14,16,19,22,25,27,29,31,33-34,36-58H2,1-3H3/b12-9+,18-15+,20-17+,24-21+,26-23+,30-28+,35-32+. The maximum Gasteiger partial charge on any atom is 0.306 e. The molecule has 0 rings (SSSR count). The Bertz CT molecular complexity index is 1320. The molecule has 0 radical (unpaired) electrons. The van der Waals surface area contributed by atoms with Crippen molar-refractivity contribution in [1.29, 1.82) is 0 Å². The van der Waals surface area contributed by atoms with E-state index in [-0.39, 0.29) is 31.1 Å². The van der Waals surface area contributed by atoms with Crippen LogP contribution in [0.25, 0.3) is 0 Å². The van der Waals surface area contributed by atoms with Crippen LogP contribution in [0.1, 0.15) is 271 Å². The van der Waals surface area contributed by atoms with Gasteiger partial charge in [-0.25, -0.2) is 0 Å². The Kier molecular flexibility index (Phi) is 53.4. The van der Waals surface area contributed by atoms with Crippen molar-refractivity contribution < 1.29 is 28.6 Å². The van der Waals surface area contributed by atoms with E-state index >= 15 is 0 Å². The molecule has 0 aromatic rings. The smallest absolute Gasteiger partial charge is 0.306 e.